The lowest BCUT2D eigenvalue weighted by Crippen LogP contribution is -2.32. The van der Waals surface area contributed by atoms with Gasteiger partial charge in [-0.1, -0.05) is 22.6 Å². The van der Waals surface area contributed by atoms with Gasteiger partial charge in [-0.25, -0.2) is 9.97 Å². The molecular weight excluding hydrogens is 361 g/mol. The van der Waals surface area contributed by atoms with Gasteiger partial charge >= 0.3 is 0 Å². The highest BCUT2D eigenvalue weighted by Crippen LogP contribution is 2.35. The number of anilines is 1. The standard InChI is InChI=1S/C11H14IN5O2/c12-6-5(2-18)17-8(10(6)19)4-1-14-9-7(4)15-3-16-11(9)13/h1,3,5-6,8,10,14,17-19H,2H2,(H2,13,15,16)/t5-,6?,8+,10?/m1/s1. The second-order valence-corrected chi connectivity index (χ2v) is 6.03. The van der Waals surface area contributed by atoms with Crippen molar-refractivity contribution in [1.82, 2.24) is 20.3 Å². The summed E-state index contributed by atoms with van der Waals surface area (Å²) in [7, 11) is 0. The topological polar surface area (TPSA) is 120 Å². The van der Waals surface area contributed by atoms with Crippen molar-refractivity contribution in [2.45, 2.75) is 22.1 Å². The predicted octanol–water partition coefficient (Wildman–Crippen LogP) is -0.290. The van der Waals surface area contributed by atoms with Crippen LogP contribution in [0.25, 0.3) is 11.0 Å². The first-order valence-electron chi connectivity index (χ1n) is 5.90. The number of hydrogen-bond donors (Lipinski definition) is 5. The van der Waals surface area contributed by atoms with Gasteiger partial charge in [-0.05, 0) is 0 Å². The first-order chi connectivity index (χ1) is 9.13. The number of aromatic amines is 1. The number of nitrogens with two attached hydrogens (primary N) is 1. The normalized spacial score (nSPS) is 31.1. The zero-order chi connectivity index (χ0) is 13.6. The average molecular weight is 375 g/mol. The highest BCUT2D eigenvalue weighted by Gasteiger charge is 2.41. The second kappa shape index (κ2) is 4.85. The summed E-state index contributed by atoms with van der Waals surface area (Å²) in [4.78, 5) is 11.2. The van der Waals surface area contributed by atoms with Crippen LogP contribution in [0.5, 0.6) is 0 Å². The third-order valence-electron chi connectivity index (χ3n) is 3.50. The predicted molar refractivity (Wildman–Crippen MR) is 78.9 cm³/mol. The highest BCUT2D eigenvalue weighted by molar-refractivity contribution is 14.1. The van der Waals surface area contributed by atoms with E-state index in [9.17, 15) is 10.2 Å². The average Bonchev–Trinajstić information content (AvgIpc) is 2.94. The van der Waals surface area contributed by atoms with E-state index in [0.717, 1.165) is 5.56 Å². The maximum Gasteiger partial charge on any atom is 0.151 e. The van der Waals surface area contributed by atoms with Crippen LogP contribution in [-0.4, -0.2) is 47.8 Å². The van der Waals surface area contributed by atoms with Gasteiger partial charge in [0.2, 0.25) is 0 Å². The Morgan fingerprint density at radius 2 is 2.21 bits per heavy atom. The number of aromatic nitrogens is 3. The Morgan fingerprint density at radius 1 is 1.42 bits per heavy atom. The SMILES string of the molecule is Nc1ncnc2c([C@@H]3N[C@H](CO)C(I)C3O)c[nH]c12. The summed E-state index contributed by atoms with van der Waals surface area (Å²) in [6.45, 7) is -0.0132. The van der Waals surface area contributed by atoms with Gasteiger partial charge in [0.1, 0.15) is 11.8 Å². The lowest BCUT2D eigenvalue weighted by atomic mass is 10.0. The summed E-state index contributed by atoms with van der Waals surface area (Å²) in [6.07, 6.45) is 2.59. The number of alkyl halides is 1. The maximum absolute atomic E-state index is 10.3. The molecular formula is C11H14IN5O2. The van der Waals surface area contributed by atoms with Crippen LogP contribution in [0, 0.1) is 0 Å². The molecule has 1 aliphatic heterocycles. The Hall–Kier alpha value is -0.970. The summed E-state index contributed by atoms with van der Waals surface area (Å²) >= 11 is 2.15. The molecule has 1 aliphatic rings. The molecule has 8 heteroatoms. The lowest BCUT2D eigenvalue weighted by molar-refractivity contribution is 0.166. The van der Waals surface area contributed by atoms with Crippen LogP contribution in [-0.2, 0) is 0 Å². The molecule has 3 heterocycles. The van der Waals surface area contributed by atoms with E-state index in [2.05, 4.69) is 42.9 Å². The van der Waals surface area contributed by atoms with Gasteiger partial charge in [0.25, 0.3) is 0 Å². The van der Waals surface area contributed by atoms with Crippen molar-refractivity contribution in [3.05, 3.63) is 18.1 Å². The largest absolute Gasteiger partial charge is 0.395 e. The molecule has 102 valence electrons. The van der Waals surface area contributed by atoms with E-state index in [0.29, 0.717) is 16.9 Å². The molecule has 2 aromatic rings. The van der Waals surface area contributed by atoms with Crippen molar-refractivity contribution in [3.8, 4) is 0 Å². The van der Waals surface area contributed by atoms with E-state index in [1.807, 2.05) is 0 Å². The number of nitrogen functional groups attached to an aromatic ring is 1. The van der Waals surface area contributed by atoms with Gasteiger partial charge in [0, 0.05) is 17.8 Å². The molecule has 0 radical (unpaired) electrons. The molecule has 0 bridgehead atoms. The van der Waals surface area contributed by atoms with Crippen LogP contribution in [0.2, 0.25) is 0 Å². The van der Waals surface area contributed by atoms with Crippen molar-refractivity contribution in [1.29, 1.82) is 0 Å². The lowest BCUT2D eigenvalue weighted by Gasteiger charge is -2.14. The van der Waals surface area contributed by atoms with Crippen molar-refractivity contribution >= 4 is 39.4 Å². The Kier molecular flexibility index (Phi) is 3.33. The third kappa shape index (κ3) is 1.98. The van der Waals surface area contributed by atoms with Gasteiger partial charge in [0.05, 0.1) is 28.2 Å². The molecule has 1 fully saturated rings. The van der Waals surface area contributed by atoms with Crippen LogP contribution in [0.3, 0.4) is 0 Å². The van der Waals surface area contributed by atoms with Gasteiger partial charge < -0.3 is 26.2 Å². The Labute approximate surface area is 122 Å². The fourth-order valence-corrected chi connectivity index (χ4v) is 3.34. The molecule has 0 amide bonds. The van der Waals surface area contributed by atoms with Gasteiger partial charge in [-0.15, -0.1) is 0 Å². The van der Waals surface area contributed by atoms with E-state index < -0.39 is 6.10 Å². The molecule has 2 aromatic heterocycles. The molecule has 1 saturated heterocycles. The molecule has 4 atom stereocenters. The van der Waals surface area contributed by atoms with E-state index in [1.165, 1.54) is 6.33 Å². The monoisotopic (exact) mass is 375 g/mol. The summed E-state index contributed by atoms with van der Waals surface area (Å²) < 4.78 is -0.0586. The molecule has 0 spiro atoms. The fourth-order valence-electron chi connectivity index (χ4n) is 2.49. The minimum Gasteiger partial charge on any atom is -0.395 e. The number of nitrogens with one attached hydrogen (secondary N) is 2. The van der Waals surface area contributed by atoms with Crippen LogP contribution in [0.15, 0.2) is 12.5 Å². The number of aliphatic hydroxyl groups is 2. The Balaban J connectivity index is 2.04. The summed E-state index contributed by atoms with van der Waals surface area (Å²) in [5.74, 6) is 0.383. The molecule has 0 aliphatic carbocycles. The highest BCUT2D eigenvalue weighted by atomic mass is 127. The summed E-state index contributed by atoms with van der Waals surface area (Å²) in [6, 6.07) is -0.410. The second-order valence-electron chi connectivity index (χ2n) is 4.59. The molecule has 6 N–H and O–H groups in total. The van der Waals surface area contributed by atoms with E-state index in [4.69, 9.17) is 5.73 Å². The molecule has 2 unspecified atom stereocenters. The zero-order valence-corrected chi connectivity index (χ0v) is 12.1. The number of rotatable bonds is 2. The molecule has 0 saturated carbocycles. The van der Waals surface area contributed by atoms with E-state index in [1.54, 1.807) is 6.20 Å². The molecule has 0 aromatic carbocycles. The summed E-state index contributed by atoms with van der Waals surface area (Å²) in [5, 5.41) is 22.8. The Bertz CT molecular complexity index is 604. The van der Waals surface area contributed by atoms with Crippen molar-refractivity contribution in [3.63, 3.8) is 0 Å². The van der Waals surface area contributed by atoms with Gasteiger partial charge in [-0.3, -0.25) is 0 Å². The fraction of sp³-hybridized carbons (Fsp3) is 0.455. The maximum atomic E-state index is 10.3. The minimum atomic E-state index is -0.590. The number of fused-ring (bicyclic) bond motifs is 1. The summed E-state index contributed by atoms with van der Waals surface area (Å²) in [5.41, 5.74) is 7.99. The smallest absolute Gasteiger partial charge is 0.151 e. The van der Waals surface area contributed by atoms with Gasteiger partial charge in [0.15, 0.2) is 5.82 Å². The van der Waals surface area contributed by atoms with E-state index in [-0.39, 0.29) is 22.6 Å². The first kappa shape index (κ1) is 13.0. The van der Waals surface area contributed by atoms with Crippen LogP contribution < -0.4 is 11.1 Å². The van der Waals surface area contributed by atoms with Crippen molar-refractivity contribution in [2.75, 3.05) is 12.3 Å². The number of hydrogen-bond acceptors (Lipinski definition) is 6. The zero-order valence-electron chi connectivity index (χ0n) is 9.92. The van der Waals surface area contributed by atoms with Crippen LogP contribution >= 0.6 is 22.6 Å². The molecule has 19 heavy (non-hydrogen) atoms. The van der Waals surface area contributed by atoms with E-state index >= 15 is 0 Å². The van der Waals surface area contributed by atoms with Crippen molar-refractivity contribution in [2.24, 2.45) is 0 Å². The van der Waals surface area contributed by atoms with Crippen molar-refractivity contribution < 1.29 is 10.2 Å². The number of halogens is 1. The number of aliphatic hydroxyl groups excluding tert-OH is 2. The number of H-pyrrole nitrogens is 1. The number of nitrogens with zero attached hydrogens (tertiary/aromatic N) is 2. The van der Waals surface area contributed by atoms with Crippen LogP contribution in [0.4, 0.5) is 5.82 Å². The van der Waals surface area contributed by atoms with Crippen LogP contribution in [0.1, 0.15) is 11.6 Å². The first-order valence-corrected chi connectivity index (χ1v) is 7.14. The minimum absolute atomic E-state index is 0.0132. The third-order valence-corrected chi connectivity index (χ3v) is 5.10. The van der Waals surface area contributed by atoms with Gasteiger partial charge in [-0.2, -0.15) is 0 Å². The molecule has 7 nitrogen and oxygen atoms in total. The quantitative estimate of drug-likeness (QED) is 0.364. The molecule has 3 rings (SSSR count). The Morgan fingerprint density at radius 3 is 2.89 bits per heavy atom.